The summed E-state index contributed by atoms with van der Waals surface area (Å²) in [5, 5.41) is 6.84. The molecule has 0 fully saturated rings. The van der Waals surface area contributed by atoms with Gasteiger partial charge in [0.05, 0.1) is 28.7 Å². The molecule has 3 aromatic rings. The Balaban J connectivity index is 1.48. The molecular weight excluding hydrogens is 432 g/mol. The fraction of sp³-hybridized carbons (Fsp3) is 0.261. The molecule has 1 aliphatic heterocycles. The van der Waals surface area contributed by atoms with Gasteiger partial charge in [-0.3, -0.25) is 9.59 Å². The number of amides is 2. The maximum Gasteiger partial charge on any atom is 0.253 e. The Morgan fingerprint density at radius 1 is 1.16 bits per heavy atom. The molecule has 160 valence electrons. The monoisotopic (exact) mass is 454 g/mol. The van der Waals surface area contributed by atoms with Crippen LogP contribution in [-0.4, -0.2) is 35.3 Å². The first-order chi connectivity index (χ1) is 15.0. The number of fused-ring (bicyclic) bond motifs is 1. The highest BCUT2D eigenvalue weighted by molar-refractivity contribution is 7.15. The van der Waals surface area contributed by atoms with E-state index in [1.807, 2.05) is 30.3 Å². The molecule has 0 bridgehead atoms. The van der Waals surface area contributed by atoms with Crippen LogP contribution in [0.5, 0.6) is 0 Å². The average Bonchev–Trinajstić information content (AvgIpc) is 3.15. The first kappa shape index (κ1) is 21.5. The number of anilines is 1. The first-order valence-corrected chi connectivity index (χ1v) is 11.3. The fourth-order valence-corrected chi connectivity index (χ4v) is 4.88. The summed E-state index contributed by atoms with van der Waals surface area (Å²) in [6.07, 6.45) is 0.975. The maximum absolute atomic E-state index is 12.8. The molecule has 1 aromatic heterocycles. The minimum atomic E-state index is -0.495. The van der Waals surface area contributed by atoms with E-state index in [2.05, 4.69) is 27.6 Å². The minimum Gasteiger partial charge on any atom is -0.345 e. The van der Waals surface area contributed by atoms with Crippen LogP contribution in [0.2, 0.25) is 5.02 Å². The number of likely N-dealkylation sites (N-methyl/N-ethyl adjacent to an activating group) is 1. The van der Waals surface area contributed by atoms with Gasteiger partial charge in [-0.1, -0.05) is 54.1 Å². The van der Waals surface area contributed by atoms with E-state index < -0.39 is 6.04 Å². The quantitative estimate of drug-likeness (QED) is 0.582. The Hall–Kier alpha value is -2.74. The van der Waals surface area contributed by atoms with Crippen molar-refractivity contribution >= 4 is 39.9 Å². The number of benzene rings is 2. The number of nitrogens with zero attached hydrogens (tertiary/aromatic N) is 2. The Morgan fingerprint density at radius 3 is 2.68 bits per heavy atom. The van der Waals surface area contributed by atoms with E-state index in [0.717, 1.165) is 30.8 Å². The molecule has 8 heteroatoms. The highest BCUT2D eigenvalue weighted by atomic mass is 35.5. The first-order valence-electron chi connectivity index (χ1n) is 10.1. The summed E-state index contributed by atoms with van der Waals surface area (Å²) in [6.45, 7) is 1.82. The Kier molecular flexibility index (Phi) is 6.65. The van der Waals surface area contributed by atoms with Crippen molar-refractivity contribution in [2.24, 2.45) is 0 Å². The van der Waals surface area contributed by atoms with Crippen molar-refractivity contribution < 1.29 is 9.59 Å². The van der Waals surface area contributed by atoms with Gasteiger partial charge >= 0.3 is 0 Å². The molecule has 1 atom stereocenters. The molecule has 6 nitrogen and oxygen atoms in total. The summed E-state index contributed by atoms with van der Waals surface area (Å²) in [4.78, 5) is 33.6. The summed E-state index contributed by atoms with van der Waals surface area (Å²) < 4.78 is 0. The van der Waals surface area contributed by atoms with Gasteiger partial charge in [-0.25, -0.2) is 4.98 Å². The van der Waals surface area contributed by atoms with Crippen molar-refractivity contribution in [2.45, 2.75) is 25.4 Å². The number of hydrogen-bond acceptors (Lipinski definition) is 5. The van der Waals surface area contributed by atoms with Crippen molar-refractivity contribution in [1.29, 1.82) is 0 Å². The predicted octanol–water partition coefficient (Wildman–Crippen LogP) is 4.28. The summed E-state index contributed by atoms with van der Waals surface area (Å²) >= 11 is 7.68. The third-order valence-corrected chi connectivity index (χ3v) is 6.51. The Morgan fingerprint density at radius 2 is 1.90 bits per heavy atom. The largest absolute Gasteiger partial charge is 0.345 e. The lowest BCUT2D eigenvalue weighted by Crippen LogP contribution is -2.31. The molecule has 0 aliphatic carbocycles. The van der Waals surface area contributed by atoms with E-state index in [9.17, 15) is 9.59 Å². The van der Waals surface area contributed by atoms with E-state index in [1.165, 1.54) is 16.2 Å². The summed E-state index contributed by atoms with van der Waals surface area (Å²) in [5.74, 6) is -0.521. The lowest BCUT2D eigenvalue weighted by Gasteiger charge is -2.20. The molecule has 1 aliphatic rings. The van der Waals surface area contributed by atoms with Crippen molar-refractivity contribution in [1.82, 2.24) is 15.2 Å². The van der Waals surface area contributed by atoms with Crippen LogP contribution in [0.1, 0.15) is 39.0 Å². The van der Waals surface area contributed by atoms with Crippen LogP contribution < -0.4 is 10.6 Å². The molecule has 2 N–H and O–H groups in total. The second-order valence-corrected chi connectivity index (χ2v) is 9.04. The summed E-state index contributed by atoms with van der Waals surface area (Å²) in [7, 11) is 2.08. The van der Waals surface area contributed by atoms with Crippen LogP contribution in [0.4, 0.5) is 5.13 Å². The van der Waals surface area contributed by atoms with Gasteiger partial charge in [0.2, 0.25) is 5.91 Å². The van der Waals surface area contributed by atoms with Gasteiger partial charge in [0, 0.05) is 24.4 Å². The lowest BCUT2D eigenvalue weighted by atomic mass is 10.0. The van der Waals surface area contributed by atoms with Gasteiger partial charge in [-0.2, -0.15) is 0 Å². The van der Waals surface area contributed by atoms with Crippen molar-refractivity contribution in [3.8, 4) is 0 Å². The van der Waals surface area contributed by atoms with Crippen molar-refractivity contribution in [3.63, 3.8) is 0 Å². The molecule has 0 saturated carbocycles. The topological polar surface area (TPSA) is 74.3 Å². The molecule has 0 spiro atoms. The number of thiazole rings is 1. The second kappa shape index (κ2) is 9.60. The molecule has 4 rings (SSSR count). The van der Waals surface area contributed by atoms with Crippen LogP contribution in [-0.2, 0) is 17.8 Å². The molecule has 2 heterocycles. The smallest absolute Gasteiger partial charge is 0.253 e. The molecule has 0 radical (unpaired) electrons. The standard InChI is InChI=1S/C23H23ClN4O2S/c1-28-12-11-18-20(14-28)31-23(26-18)27-21(29)13-19(15-7-3-2-4-8-15)25-22(30)16-9-5-6-10-17(16)24/h2-10,19H,11-14H2,1H3,(H,25,30)(H,26,27,29)/t19-/m1/s1. The Labute approximate surface area is 190 Å². The molecule has 0 unspecified atom stereocenters. The number of nitrogens with one attached hydrogen (secondary N) is 2. The average molecular weight is 455 g/mol. The van der Waals surface area contributed by atoms with Crippen LogP contribution in [0.3, 0.4) is 0 Å². The number of rotatable bonds is 6. The van der Waals surface area contributed by atoms with Crippen molar-refractivity contribution in [2.75, 3.05) is 18.9 Å². The van der Waals surface area contributed by atoms with Gasteiger partial charge in [0.1, 0.15) is 0 Å². The minimum absolute atomic E-state index is 0.0877. The molecule has 2 aromatic carbocycles. The van der Waals surface area contributed by atoms with Gasteiger partial charge in [0.15, 0.2) is 5.13 Å². The van der Waals surface area contributed by atoms with E-state index in [1.54, 1.807) is 24.3 Å². The third kappa shape index (κ3) is 5.31. The second-order valence-electron chi connectivity index (χ2n) is 7.55. The number of aromatic nitrogens is 1. The van der Waals surface area contributed by atoms with Crippen molar-refractivity contribution in [3.05, 3.63) is 81.3 Å². The predicted molar refractivity (Wildman–Crippen MR) is 123 cm³/mol. The van der Waals surface area contributed by atoms with E-state index in [4.69, 9.17) is 11.6 Å². The van der Waals surface area contributed by atoms with Gasteiger partial charge in [-0.15, -0.1) is 11.3 Å². The zero-order valence-electron chi connectivity index (χ0n) is 17.1. The number of halogens is 1. The van der Waals surface area contributed by atoms with E-state index >= 15 is 0 Å². The maximum atomic E-state index is 12.8. The van der Waals surface area contributed by atoms with E-state index in [-0.39, 0.29) is 18.2 Å². The molecule has 2 amide bonds. The van der Waals surface area contributed by atoms with Gasteiger partial charge in [-0.05, 0) is 24.7 Å². The van der Waals surface area contributed by atoms with Crippen LogP contribution in [0.25, 0.3) is 0 Å². The van der Waals surface area contributed by atoms with Crippen LogP contribution >= 0.6 is 22.9 Å². The normalized spacial score (nSPS) is 14.5. The number of carbonyl (C=O) groups is 2. The van der Waals surface area contributed by atoms with Gasteiger partial charge < -0.3 is 15.5 Å². The van der Waals surface area contributed by atoms with Crippen LogP contribution in [0.15, 0.2) is 54.6 Å². The summed E-state index contributed by atoms with van der Waals surface area (Å²) in [5.41, 5.74) is 2.28. The zero-order valence-corrected chi connectivity index (χ0v) is 18.7. The SMILES string of the molecule is CN1CCc2nc(NC(=O)C[C@@H](NC(=O)c3ccccc3Cl)c3ccccc3)sc2C1. The lowest BCUT2D eigenvalue weighted by molar-refractivity contribution is -0.116. The molecular formula is C23H23ClN4O2S. The van der Waals surface area contributed by atoms with Crippen LogP contribution in [0, 0.1) is 0 Å². The Bertz CT molecular complexity index is 1090. The highest BCUT2D eigenvalue weighted by Crippen LogP contribution is 2.28. The highest BCUT2D eigenvalue weighted by Gasteiger charge is 2.23. The zero-order chi connectivity index (χ0) is 21.8. The van der Waals surface area contributed by atoms with Gasteiger partial charge in [0.25, 0.3) is 5.91 Å². The fourth-order valence-electron chi connectivity index (χ4n) is 3.55. The molecule has 0 saturated heterocycles. The number of carbonyl (C=O) groups excluding carboxylic acids is 2. The molecule has 31 heavy (non-hydrogen) atoms. The summed E-state index contributed by atoms with van der Waals surface area (Å²) in [6, 6.07) is 15.8. The van der Waals surface area contributed by atoms with E-state index in [0.29, 0.717) is 15.7 Å². The third-order valence-electron chi connectivity index (χ3n) is 5.18. The number of hydrogen-bond donors (Lipinski definition) is 2.